The van der Waals surface area contributed by atoms with E-state index in [4.69, 9.17) is 0 Å². The van der Waals surface area contributed by atoms with Crippen LogP contribution in [0.3, 0.4) is 0 Å². The second kappa shape index (κ2) is 2.89. The van der Waals surface area contributed by atoms with Gasteiger partial charge in [-0.15, -0.1) is 20.4 Å². The summed E-state index contributed by atoms with van der Waals surface area (Å²) >= 11 is 0. The van der Waals surface area contributed by atoms with Gasteiger partial charge in [-0.25, -0.2) is 0 Å². The van der Waals surface area contributed by atoms with Crippen molar-refractivity contribution < 1.29 is 0 Å². The normalized spacial score (nSPS) is 10.3. The minimum atomic E-state index is 0.499. The SMILES string of the molecule is Cc1nnc(-c2cnn(C)c2)nn1. The highest BCUT2D eigenvalue weighted by Gasteiger charge is 2.03. The zero-order valence-corrected chi connectivity index (χ0v) is 7.34. The van der Waals surface area contributed by atoms with Gasteiger partial charge in [0.25, 0.3) is 0 Å². The van der Waals surface area contributed by atoms with Crippen LogP contribution in [0.1, 0.15) is 5.82 Å². The lowest BCUT2D eigenvalue weighted by atomic mass is 10.3. The van der Waals surface area contributed by atoms with E-state index in [1.807, 2.05) is 13.2 Å². The zero-order valence-electron chi connectivity index (χ0n) is 7.34. The molecule has 0 aromatic carbocycles. The summed E-state index contributed by atoms with van der Waals surface area (Å²) < 4.78 is 1.68. The molecule has 0 bridgehead atoms. The molecule has 66 valence electrons. The number of rotatable bonds is 1. The van der Waals surface area contributed by atoms with E-state index in [0.29, 0.717) is 11.6 Å². The van der Waals surface area contributed by atoms with Crippen LogP contribution in [0.2, 0.25) is 0 Å². The van der Waals surface area contributed by atoms with E-state index in [0.717, 1.165) is 5.56 Å². The molecule has 13 heavy (non-hydrogen) atoms. The maximum absolute atomic E-state index is 4.00. The van der Waals surface area contributed by atoms with Gasteiger partial charge in [0.15, 0.2) is 5.82 Å². The lowest BCUT2D eigenvalue weighted by molar-refractivity contribution is 0.767. The van der Waals surface area contributed by atoms with Crippen LogP contribution in [0.15, 0.2) is 12.4 Å². The number of aryl methyl sites for hydroxylation is 2. The van der Waals surface area contributed by atoms with Gasteiger partial charge in [-0.1, -0.05) is 0 Å². The Hall–Kier alpha value is -1.85. The quantitative estimate of drug-likeness (QED) is 0.610. The summed E-state index contributed by atoms with van der Waals surface area (Å²) in [5.74, 6) is 1.06. The van der Waals surface area contributed by atoms with Gasteiger partial charge in [-0.2, -0.15) is 5.10 Å². The molecule has 0 radical (unpaired) electrons. The highest BCUT2D eigenvalue weighted by Crippen LogP contribution is 2.09. The molecule has 0 amide bonds. The Kier molecular flexibility index (Phi) is 1.73. The van der Waals surface area contributed by atoms with Crippen LogP contribution in [0, 0.1) is 6.92 Å². The first kappa shape index (κ1) is 7.78. The first-order chi connectivity index (χ1) is 6.25. The van der Waals surface area contributed by atoms with Gasteiger partial charge >= 0.3 is 0 Å². The van der Waals surface area contributed by atoms with Crippen molar-refractivity contribution in [1.82, 2.24) is 30.2 Å². The van der Waals surface area contributed by atoms with E-state index in [9.17, 15) is 0 Å². The molecule has 0 aliphatic heterocycles. The third-order valence-corrected chi connectivity index (χ3v) is 1.54. The van der Waals surface area contributed by atoms with Crippen molar-refractivity contribution in [2.75, 3.05) is 0 Å². The Balaban J connectivity index is 2.41. The highest BCUT2D eigenvalue weighted by molar-refractivity contribution is 5.50. The van der Waals surface area contributed by atoms with Crippen molar-refractivity contribution in [3.8, 4) is 11.4 Å². The van der Waals surface area contributed by atoms with E-state index < -0.39 is 0 Å². The fourth-order valence-electron chi connectivity index (χ4n) is 0.932. The molecule has 0 saturated carbocycles. The standard InChI is InChI=1S/C7H8N6/c1-5-9-11-7(12-10-5)6-3-8-13(2)4-6/h3-4H,1-2H3. The Labute approximate surface area is 74.6 Å². The highest BCUT2D eigenvalue weighted by atomic mass is 15.3. The van der Waals surface area contributed by atoms with Crippen molar-refractivity contribution in [3.63, 3.8) is 0 Å². The number of aromatic nitrogens is 6. The maximum atomic E-state index is 4.00. The Morgan fingerprint density at radius 3 is 2.38 bits per heavy atom. The van der Waals surface area contributed by atoms with Crippen LogP contribution in [0.4, 0.5) is 0 Å². The van der Waals surface area contributed by atoms with Crippen LogP contribution in [0.25, 0.3) is 11.4 Å². The van der Waals surface area contributed by atoms with Gasteiger partial charge < -0.3 is 0 Å². The average molecular weight is 176 g/mol. The van der Waals surface area contributed by atoms with Crippen LogP contribution >= 0.6 is 0 Å². The van der Waals surface area contributed by atoms with Crippen molar-refractivity contribution in [3.05, 3.63) is 18.2 Å². The molecular formula is C7H8N6. The molecule has 0 spiro atoms. The third kappa shape index (κ3) is 1.51. The molecule has 0 saturated heterocycles. The summed E-state index contributed by atoms with van der Waals surface area (Å²) in [6.07, 6.45) is 3.49. The van der Waals surface area contributed by atoms with Crippen molar-refractivity contribution >= 4 is 0 Å². The molecular weight excluding hydrogens is 168 g/mol. The first-order valence-corrected chi connectivity index (χ1v) is 3.79. The van der Waals surface area contributed by atoms with Crippen LogP contribution in [-0.2, 0) is 7.05 Å². The molecule has 2 aromatic heterocycles. The number of hydrogen-bond acceptors (Lipinski definition) is 5. The molecule has 0 unspecified atom stereocenters. The summed E-state index contributed by atoms with van der Waals surface area (Å²) in [6.45, 7) is 1.74. The molecule has 6 heteroatoms. The monoisotopic (exact) mass is 176 g/mol. The molecule has 0 N–H and O–H groups in total. The summed E-state index contributed by atoms with van der Waals surface area (Å²) in [6, 6.07) is 0. The van der Waals surface area contributed by atoms with Gasteiger partial charge in [0, 0.05) is 13.2 Å². The van der Waals surface area contributed by atoms with Crippen LogP contribution in [-0.4, -0.2) is 30.2 Å². The largest absolute Gasteiger partial charge is 0.275 e. The van der Waals surface area contributed by atoms with E-state index in [-0.39, 0.29) is 0 Å². The van der Waals surface area contributed by atoms with Gasteiger partial charge in [0.2, 0.25) is 5.82 Å². The predicted molar refractivity (Wildman–Crippen MR) is 44.6 cm³/mol. The molecule has 2 rings (SSSR count). The molecule has 2 aromatic rings. The van der Waals surface area contributed by atoms with Gasteiger partial charge in [0.1, 0.15) is 0 Å². The van der Waals surface area contributed by atoms with E-state index in [2.05, 4.69) is 25.5 Å². The molecule has 0 aliphatic rings. The topological polar surface area (TPSA) is 69.4 Å². The third-order valence-electron chi connectivity index (χ3n) is 1.54. The molecule has 6 nitrogen and oxygen atoms in total. The van der Waals surface area contributed by atoms with Crippen LogP contribution < -0.4 is 0 Å². The Bertz CT molecular complexity index is 403. The molecule has 0 atom stereocenters. The van der Waals surface area contributed by atoms with E-state index >= 15 is 0 Å². The minimum Gasteiger partial charge on any atom is -0.275 e. The lowest BCUT2D eigenvalue weighted by Gasteiger charge is -1.91. The predicted octanol–water partition coefficient (Wildman–Crippen LogP) is -0.0245. The summed E-state index contributed by atoms with van der Waals surface area (Å²) in [5, 5.41) is 19.4. The Morgan fingerprint density at radius 2 is 1.85 bits per heavy atom. The van der Waals surface area contributed by atoms with Crippen molar-refractivity contribution in [1.29, 1.82) is 0 Å². The second-order valence-corrected chi connectivity index (χ2v) is 2.67. The first-order valence-electron chi connectivity index (χ1n) is 3.79. The summed E-state index contributed by atoms with van der Waals surface area (Å²) in [5.41, 5.74) is 0.822. The number of nitrogens with zero attached hydrogens (tertiary/aromatic N) is 6. The van der Waals surface area contributed by atoms with Crippen LogP contribution in [0.5, 0.6) is 0 Å². The van der Waals surface area contributed by atoms with Crippen molar-refractivity contribution in [2.24, 2.45) is 7.05 Å². The smallest absolute Gasteiger partial charge is 0.206 e. The number of hydrogen-bond donors (Lipinski definition) is 0. The average Bonchev–Trinajstić information content (AvgIpc) is 2.53. The van der Waals surface area contributed by atoms with Crippen molar-refractivity contribution in [2.45, 2.75) is 6.92 Å². The van der Waals surface area contributed by atoms with E-state index in [1.165, 1.54) is 0 Å². The Morgan fingerprint density at radius 1 is 1.15 bits per heavy atom. The summed E-state index contributed by atoms with van der Waals surface area (Å²) in [7, 11) is 1.83. The molecule has 0 aliphatic carbocycles. The molecule has 2 heterocycles. The maximum Gasteiger partial charge on any atom is 0.206 e. The fourth-order valence-corrected chi connectivity index (χ4v) is 0.932. The second-order valence-electron chi connectivity index (χ2n) is 2.67. The zero-order chi connectivity index (χ0) is 9.26. The van der Waals surface area contributed by atoms with Gasteiger partial charge in [0.05, 0.1) is 11.8 Å². The molecule has 0 fully saturated rings. The lowest BCUT2D eigenvalue weighted by Crippen LogP contribution is -1.97. The van der Waals surface area contributed by atoms with Gasteiger partial charge in [-0.05, 0) is 6.92 Å². The minimum absolute atomic E-state index is 0.499. The fraction of sp³-hybridized carbons (Fsp3) is 0.286. The summed E-state index contributed by atoms with van der Waals surface area (Å²) in [4.78, 5) is 0. The van der Waals surface area contributed by atoms with Gasteiger partial charge in [-0.3, -0.25) is 4.68 Å². The van der Waals surface area contributed by atoms with E-state index in [1.54, 1.807) is 17.8 Å².